The molecule has 3 aromatic rings. The zero-order chi connectivity index (χ0) is 29.4. The fraction of sp³-hybridized carbons (Fsp3) is 0.314. The highest BCUT2D eigenvalue weighted by Gasteiger charge is 2.56. The maximum atomic E-state index is 13.8. The summed E-state index contributed by atoms with van der Waals surface area (Å²) >= 11 is 0. The molecule has 6 nitrogen and oxygen atoms in total. The van der Waals surface area contributed by atoms with E-state index in [1.54, 1.807) is 6.07 Å². The summed E-state index contributed by atoms with van der Waals surface area (Å²) in [6, 6.07) is 21.7. The number of allylic oxidation sites excluding steroid dienone is 2. The van der Waals surface area contributed by atoms with Gasteiger partial charge in [-0.25, -0.2) is 4.39 Å². The largest absolute Gasteiger partial charge is 0.505 e. The summed E-state index contributed by atoms with van der Waals surface area (Å²) in [4.78, 5) is 28.8. The molecule has 3 aliphatic rings. The summed E-state index contributed by atoms with van der Waals surface area (Å²) in [5.74, 6) is -2.15. The summed E-state index contributed by atoms with van der Waals surface area (Å²) < 4.78 is 20.1. The minimum absolute atomic E-state index is 0.102. The molecule has 2 fully saturated rings. The highest BCUT2D eigenvalue weighted by atomic mass is 19.1. The molecule has 216 valence electrons. The van der Waals surface area contributed by atoms with Gasteiger partial charge in [0.2, 0.25) is 11.8 Å². The lowest BCUT2D eigenvalue weighted by Crippen LogP contribution is -2.34. The van der Waals surface area contributed by atoms with E-state index in [9.17, 15) is 19.1 Å². The molecule has 2 heterocycles. The predicted octanol–water partition coefficient (Wildman–Crippen LogP) is 7.39. The van der Waals surface area contributed by atoms with Gasteiger partial charge in [0.15, 0.2) is 11.6 Å². The number of phenolic OH excluding ortho intramolecular Hbond substituents is 1. The van der Waals surface area contributed by atoms with Gasteiger partial charge in [-0.3, -0.25) is 14.5 Å². The molecule has 0 spiro atoms. The maximum Gasteiger partial charge on any atom is 0.238 e. The number of aromatic hydroxyl groups is 1. The Kier molecular flexibility index (Phi) is 7.69. The predicted molar refractivity (Wildman–Crippen MR) is 162 cm³/mol. The Bertz CT molecular complexity index is 1560. The molecule has 0 aromatic heterocycles. The van der Waals surface area contributed by atoms with E-state index in [0.717, 1.165) is 41.8 Å². The second kappa shape index (κ2) is 11.6. The second-order valence-corrected chi connectivity index (χ2v) is 11.5. The Morgan fingerprint density at radius 2 is 1.76 bits per heavy atom. The van der Waals surface area contributed by atoms with Crippen molar-refractivity contribution in [1.82, 2.24) is 0 Å². The first-order chi connectivity index (χ1) is 20.3. The molecular weight excluding hydrogens is 531 g/mol. The number of imide groups is 1. The van der Waals surface area contributed by atoms with Gasteiger partial charge in [-0.05, 0) is 92.3 Å². The molecule has 42 heavy (non-hydrogen) atoms. The van der Waals surface area contributed by atoms with Gasteiger partial charge in [0, 0.05) is 17.3 Å². The van der Waals surface area contributed by atoms with Crippen molar-refractivity contribution in [1.29, 1.82) is 0 Å². The van der Waals surface area contributed by atoms with Crippen LogP contribution in [0.1, 0.15) is 45.1 Å². The maximum absolute atomic E-state index is 13.8. The van der Waals surface area contributed by atoms with E-state index in [4.69, 9.17) is 4.74 Å². The van der Waals surface area contributed by atoms with Crippen molar-refractivity contribution in [2.24, 2.45) is 17.8 Å². The Balaban J connectivity index is 1.15. The van der Waals surface area contributed by atoms with Gasteiger partial charge in [0.1, 0.15) is 0 Å². The fourth-order valence-electron chi connectivity index (χ4n) is 6.78. The molecule has 3 aromatic carbocycles. The van der Waals surface area contributed by atoms with Crippen LogP contribution in [-0.4, -0.2) is 29.6 Å². The van der Waals surface area contributed by atoms with Gasteiger partial charge in [0.25, 0.3) is 0 Å². The number of amides is 2. The van der Waals surface area contributed by atoms with Crippen molar-refractivity contribution < 1.29 is 23.8 Å². The van der Waals surface area contributed by atoms with Crippen LogP contribution in [0, 0.1) is 23.6 Å². The van der Waals surface area contributed by atoms with Crippen LogP contribution in [0.3, 0.4) is 0 Å². The Hall–Kier alpha value is -4.23. The van der Waals surface area contributed by atoms with Crippen molar-refractivity contribution in [3.8, 4) is 5.75 Å². The SMILES string of the molecule is CC/C(=C\c1ccc(O)c(F)c1)CC[C@H]1OC[C@H]2C1=C(C)C[C@H]1C(=O)N(c3ccc(Nc4ccccc4)cc3)C(=O)[C@H]12. The first-order valence-corrected chi connectivity index (χ1v) is 14.6. The first kappa shape index (κ1) is 27.9. The van der Waals surface area contributed by atoms with E-state index in [1.165, 1.54) is 22.6 Å². The molecule has 4 atom stereocenters. The van der Waals surface area contributed by atoms with Crippen LogP contribution in [0.2, 0.25) is 0 Å². The van der Waals surface area contributed by atoms with Crippen LogP contribution in [0.4, 0.5) is 21.5 Å². The topological polar surface area (TPSA) is 78.9 Å². The number of carbonyl (C=O) groups excluding carboxylic acids is 2. The van der Waals surface area contributed by atoms with Crippen LogP contribution in [0.5, 0.6) is 5.75 Å². The quantitative estimate of drug-likeness (QED) is 0.220. The summed E-state index contributed by atoms with van der Waals surface area (Å²) in [5, 5.41) is 12.8. The van der Waals surface area contributed by atoms with E-state index in [0.29, 0.717) is 24.3 Å². The number of benzene rings is 3. The molecule has 2 aliphatic heterocycles. The molecular formula is C35H35FN2O4. The number of carbonyl (C=O) groups is 2. The average Bonchev–Trinajstić information content (AvgIpc) is 3.52. The lowest BCUT2D eigenvalue weighted by Gasteiger charge is -2.30. The molecule has 1 aliphatic carbocycles. The molecule has 0 saturated carbocycles. The number of fused-ring (bicyclic) bond motifs is 3. The Morgan fingerprint density at radius 3 is 2.48 bits per heavy atom. The van der Waals surface area contributed by atoms with Gasteiger partial charge in [-0.2, -0.15) is 0 Å². The normalized spacial score (nSPS) is 23.8. The minimum atomic E-state index is -0.636. The minimum Gasteiger partial charge on any atom is -0.505 e. The summed E-state index contributed by atoms with van der Waals surface area (Å²) in [7, 11) is 0. The van der Waals surface area contributed by atoms with Crippen molar-refractivity contribution in [2.75, 3.05) is 16.8 Å². The van der Waals surface area contributed by atoms with Gasteiger partial charge in [-0.15, -0.1) is 0 Å². The fourth-order valence-corrected chi connectivity index (χ4v) is 6.78. The average molecular weight is 567 g/mol. The van der Waals surface area contributed by atoms with Crippen molar-refractivity contribution in [3.63, 3.8) is 0 Å². The number of nitrogens with one attached hydrogen (secondary N) is 1. The number of rotatable bonds is 8. The number of ether oxygens (including phenoxy) is 1. The zero-order valence-electron chi connectivity index (χ0n) is 23.8. The molecule has 6 rings (SSSR count). The molecule has 0 unspecified atom stereocenters. The molecule has 2 amide bonds. The van der Waals surface area contributed by atoms with E-state index < -0.39 is 11.7 Å². The summed E-state index contributed by atoms with van der Waals surface area (Å²) in [6.07, 6.45) is 4.75. The van der Waals surface area contributed by atoms with Gasteiger partial charge < -0.3 is 15.2 Å². The summed E-state index contributed by atoms with van der Waals surface area (Å²) in [6.45, 7) is 4.57. The van der Waals surface area contributed by atoms with Crippen LogP contribution in [0.15, 0.2) is 89.5 Å². The molecule has 2 N–H and O–H groups in total. The molecule has 2 saturated heterocycles. The van der Waals surface area contributed by atoms with E-state index >= 15 is 0 Å². The Morgan fingerprint density at radius 1 is 1.02 bits per heavy atom. The number of hydrogen-bond donors (Lipinski definition) is 2. The lowest BCUT2D eigenvalue weighted by atomic mass is 9.70. The number of phenols is 1. The van der Waals surface area contributed by atoms with Crippen LogP contribution in [-0.2, 0) is 14.3 Å². The molecule has 7 heteroatoms. The van der Waals surface area contributed by atoms with E-state index in [1.807, 2.05) is 60.7 Å². The highest BCUT2D eigenvalue weighted by molar-refractivity contribution is 6.22. The smallest absolute Gasteiger partial charge is 0.238 e. The summed E-state index contributed by atoms with van der Waals surface area (Å²) in [5.41, 5.74) is 6.63. The van der Waals surface area contributed by atoms with Crippen molar-refractivity contribution in [2.45, 2.75) is 45.6 Å². The van der Waals surface area contributed by atoms with Crippen LogP contribution >= 0.6 is 0 Å². The number of nitrogens with zero attached hydrogens (tertiary/aromatic N) is 1. The lowest BCUT2D eigenvalue weighted by molar-refractivity contribution is -0.122. The van der Waals surface area contributed by atoms with Gasteiger partial charge in [-0.1, -0.05) is 48.4 Å². The van der Waals surface area contributed by atoms with Crippen LogP contribution < -0.4 is 10.2 Å². The second-order valence-electron chi connectivity index (χ2n) is 11.5. The number of halogens is 1. The van der Waals surface area contributed by atoms with E-state index in [-0.39, 0.29) is 35.5 Å². The zero-order valence-corrected chi connectivity index (χ0v) is 23.8. The molecule has 0 radical (unpaired) electrons. The monoisotopic (exact) mass is 566 g/mol. The third kappa shape index (κ3) is 5.25. The van der Waals surface area contributed by atoms with Crippen LogP contribution in [0.25, 0.3) is 6.08 Å². The number of para-hydroxylation sites is 1. The standard InChI is InChI=1S/C35H35FN2O4/c1-3-22(18-23-9-15-30(39)29(36)19-23)10-16-31-32-21(2)17-27-33(28(32)20-42-31)35(41)38(34(27)40)26-13-11-25(12-14-26)37-24-7-5-4-6-8-24/h4-9,11-15,18-19,27-28,31,33,37,39H,3,10,16-17,20H2,1-2H3/b22-18+/t27-,28+,31-,33-/m1/s1. The van der Waals surface area contributed by atoms with Crippen molar-refractivity contribution >= 4 is 35.0 Å². The Labute approximate surface area is 245 Å². The van der Waals surface area contributed by atoms with E-state index in [2.05, 4.69) is 19.2 Å². The molecule has 0 bridgehead atoms. The third-order valence-electron chi connectivity index (χ3n) is 8.86. The highest BCUT2D eigenvalue weighted by Crippen LogP contribution is 2.50. The van der Waals surface area contributed by atoms with Gasteiger partial charge in [0.05, 0.1) is 30.2 Å². The third-order valence-corrected chi connectivity index (χ3v) is 8.86. The van der Waals surface area contributed by atoms with Gasteiger partial charge >= 0.3 is 0 Å². The number of anilines is 3. The van der Waals surface area contributed by atoms with Crippen molar-refractivity contribution in [3.05, 3.63) is 101 Å². The number of hydrogen-bond acceptors (Lipinski definition) is 5. The first-order valence-electron chi connectivity index (χ1n) is 14.6.